The molecular formula is C20H16ClN3OS. The van der Waals surface area contributed by atoms with Crippen LogP contribution in [0.4, 0.5) is 5.69 Å². The minimum absolute atomic E-state index is 0.143. The largest absolute Gasteiger partial charge is 0.321 e. The number of benzene rings is 2. The molecular weight excluding hydrogens is 366 g/mol. The number of carbonyl (C=O) groups is 1. The van der Waals surface area contributed by atoms with Gasteiger partial charge in [-0.05, 0) is 49.7 Å². The van der Waals surface area contributed by atoms with Crippen LogP contribution >= 0.6 is 22.9 Å². The Kier molecular flexibility index (Phi) is 4.26. The van der Waals surface area contributed by atoms with Crippen molar-refractivity contribution >= 4 is 44.7 Å². The molecule has 0 unspecified atom stereocenters. The summed E-state index contributed by atoms with van der Waals surface area (Å²) in [6.45, 7) is 3.89. The van der Waals surface area contributed by atoms with E-state index in [1.54, 1.807) is 6.07 Å². The Bertz CT molecular complexity index is 1120. The fourth-order valence-corrected chi connectivity index (χ4v) is 4.07. The number of thiophene rings is 1. The molecule has 0 aliphatic heterocycles. The van der Waals surface area contributed by atoms with Gasteiger partial charge in [0.2, 0.25) is 0 Å². The maximum Gasteiger partial charge on any atom is 0.265 e. The van der Waals surface area contributed by atoms with Crippen molar-refractivity contribution in [2.24, 2.45) is 0 Å². The lowest BCUT2D eigenvalue weighted by atomic mass is 10.2. The molecule has 0 spiro atoms. The molecule has 0 radical (unpaired) electrons. The van der Waals surface area contributed by atoms with Crippen molar-refractivity contribution in [1.29, 1.82) is 0 Å². The number of aromatic nitrogens is 2. The van der Waals surface area contributed by atoms with Crippen LogP contribution in [-0.4, -0.2) is 15.7 Å². The quantitative estimate of drug-likeness (QED) is 0.501. The van der Waals surface area contributed by atoms with Gasteiger partial charge in [-0.1, -0.05) is 35.9 Å². The summed E-state index contributed by atoms with van der Waals surface area (Å²) in [5.74, 6) is -0.143. The number of para-hydroxylation sites is 1. The van der Waals surface area contributed by atoms with Crippen molar-refractivity contribution in [2.75, 3.05) is 5.32 Å². The van der Waals surface area contributed by atoms with Gasteiger partial charge >= 0.3 is 0 Å². The summed E-state index contributed by atoms with van der Waals surface area (Å²) in [4.78, 5) is 14.3. The first-order valence-corrected chi connectivity index (χ1v) is 9.34. The monoisotopic (exact) mass is 381 g/mol. The summed E-state index contributed by atoms with van der Waals surface area (Å²) in [6, 6.07) is 17.3. The van der Waals surface area contributed by atoms with Gasteiger partial charge in [-0.15, -0.1) is 11.3 Å². The molecule has 0 bridgehead atoms. The van der Waals surface area contributed by atoms with Gasteiger partial charge in [-0.3, -0.25) is 4.79 Å². The zero-order valence-corrected chi connectivity index (χ0v) is 15.9. The van der Waals surface area contributed by atoms with Crippen LogP contribution in [0, 0.1) is 13.8 Å². The first-order valence-electron chi connectivity index (χ1n) is 8.15. The van der Waals surface area contributed by atoms with Gasteiger partial charge in [0.15, 0.2) is 0 Å². The summed E-state index contributed by atoms with van der Waals surface area (Å²) >= 11 is 7.47. The first kappa shape index (κ1) is 16.8. The summed E-state index contributed by atoms with van der Waals surface area (Å²) in [5, 5.41) is 9.15. The average molecular weight is 382 g/mol. The van der Waals surface area contributed by atoms with Gasteiger partial charge in [-0.25, -0.2) is 4.68 Å². The fourth-order valence-electron chi connectivity index (χ4n) is 2.82. The summed E-state index contributed by atoms with van der Waals surface area (Å²) in [5.41, 5.74) is 3.57. The van der Waals surface area contributed by atoms with Gasteiger partial charge in [0.1, 0.15) is 4.83 Å². The number of amides is 1. The van der Waals surface area contributed by atoms with Crippen LogP contribution in [0.5, 0.6) is 0 Å². The highest BCUT2D eigenvalue weighted by molar-refractivity contribution is 7.20. The molecule has 4 aromatic rings. The van der Waals surface area contributed by atoms with E-state index >= 15 is 0 Å². The number of nitrogens with one attached hydrogen (secondary N) is 1. The standard InChI is InChI=1S/C20H16ClN3OS/c1-12-8-9-14(21)10-17(12)22-19(25)18-11-16-13(2)23-24(20(16)26-18)15-6-4-3-5-7-15/h3-11H,1-2H3,(H,22,25). The Balaban J connectivity index is 1.71. The van der Waals surface area contributed by atoms with E-state index in [0.29, 0.717) is 9.90 Å². The van der Waals surface area contributed by atoms with Crippen molar-refractivity contribution in [3.8, 4) is 5.69 Å². The molecule has 0 fully saturated rings. The Morgan fingerprint density at radius 2 is 1.88 bits per heavy atom. The van der Waals surface area contributed by atoms with Crippen molar-refractivity contribution in [2.45, 2.75) is 13.8 Å². The normalized spacial score (nSPS) is 11.0. The second-order valence-electron chi connectivity index (χ2n) is 6.08. The lowest BCUT2D eigenvalue weighted by molar-refractivity contribution is 0.103. The molecule has 130 valence electrons. The van der Waals surface area contributed by atoms with Crippen LogP contribution in [0.15, 0.2) is 54.6 Å². The number of carbonyl (C=O) groups excluding carboxylic acids is 1. The highest BCUT2D eigenvalue weighted by Gasteiger charge is 2.17. The predicted octanol–water partition coefficient (Wildman–Crippen LogP) is 5.61. The van der Waals surface area contributed by atoms with Crippen LogP contribution in [0.25, 0.3) is 15.9 Å². The maximum absolute atomic E-state index is 12.7. The van der Waals surface area contributed by atoms with E-state index < -0.39 is 0 Å². The third-order valence-corrected chi connectivity index (χ3v) is 5.56. The number of nitrogens with zero attached hydrogens (tertiary/aromatic N) is 2. The SMILES string of the molecule is Cc1ccc(Cl)cc1NC(=O)c1cc2c(C)nn(-c3ccccc3)c2s1. The van der Waals surface area contributed by atoms with Gasteiger partial charge in [0, 0.05) is 16.1 Å². The molecule has 26 heavy (non-hydrogen) atoms. The summed E-state index contributed by atoms with van der Waals surface area (Å²) in [6.07, 6.45) is 0. The number of aryl methyl sites for hydroxylation is 2. The van der Waals surface area contributed by atoms with E-state index in [1.807, 2.05) is 67.1 Å². The minimum Gasteiger partial charge on any atom is -0.321 e. The molecule has 0 aliphatic carbocycles. The van der Waals surface area contributed by atoms with Crippen LogP contribution < -0.4 is 5.32 Å². The van der Waals surface area contributed by atoms with E-state index in [9.17, 15) is 4.79 Å². The molecule has 0 saturated heterocycles. The van der Waals surface area contributed by atoms with Crippen LogP contribution in [0.3, 0.4) is 0 Å². The van der Waals surface area contributed by atoms with E-state index in [4.69, 9.17) is 11.6 Å². The Labute approximate surface area is 160 Å². The molecule has 4 nitrogen and oxygen atoms in total. The number of rotatable bonds is 3. The summed E-state index contributed by atoms with van der Waals surface area (Å²) in [7, 11) is 0. The second kappa shape index (κ2) is 6.59. The number of anilines is 1. The lowest BCUT2D eigenvalue weighted by Gasteiger charge is -2.07. The predicted molar refractivity (Wildman–Crippen MR) is 108 cm³/mol. The lowest BCUT2D eigenvalue weighted by Crippen LogP contribution is -2.11. The van der Waals surface area contributed by atoms with Gasteiger partial charge in [0.25, 0.3) is 5.91 Å². The molecule has 4 rings (SSSR count). The zero-order chi connectivity index (χ0) is 18.3. The summed E-state index contributed by atoms with van der Waals surface area (Å²) < 4.78 is 1.89. The molecule has 2 heterocycles. The van der Waals surface area contributed by atoms with Crippen molar-refractivity contribution in [1.82, 2.24) is 9.78 Å². The molecule has 0 saturated carbocycles. The highest BCUT2D eigenvalue weighted by Crippen LogP contribution is 2.31. The van der Waals surface area contributed by atoms with E-state index in [2.05, 4.69) is 10.4 Å². The molecule has 0 aliphatic rings. The second-order valence-corrected chi connectivity index (χ2v) is 7.54. The van der Waals surface area contributed by atoms with Crippen molar-refractivity contribution in [3.05, 3.63) is 75.8 Å². The Morgan fingerprint density at radius 1 is 1.12 bits per heavy atom. The zero-order valence-electron chi connectivity index (χ0n) is 14.3. The number of hydrogen-bond acceptors (Lipinski definition) is 3. The Morgan fingerprint density at radius 3 is 2.65 bits per heavy atom. The third kappa shape index (κ3) is 3.00. The van der Waals surface area contributed by atoms with Gasteiger partial charge < -0.3 is 5.32 Å². The maximum atomic E-state index is 12.7. The molecule has 2 aromatic carbocycles. The highest BCUT2D eigenvalue weighted by atomic mass is 35.5. The Hall–Kier alpha value is -2.63. The number of halogens is 1. The fraction of sp³-hybridized carbons (Fsp3) is 0.100. The molecule has 2 aromatic heterocycles. The minimum atomic E-state index is -0.143. The molecule has 1 N–H and O–H groups in total. The molecule has 6 heteroatoms. The van der Waals surface area contributed by atoms with Gasteiger partial charge in [-0.2, -0.15) is 5.10 Å². The van der Waals surface area contributed by atoms with Crippen LogP contribution in [0.1, 0.15) is 20.9 Å². The molecule has 1 amide bonds. The number of fused-ring (bicyclic) bond motifs is 1. The van der Waals surface area contributed by atoms with E-state index in [1.165, 1.54) is 11.3 Å². The van der Waals surface area contributed by atoms with Crippen molar-refractivity contribution in [3.63, 3.8) is 0 Å². The smallest absolute Gasteiger partial charge is 0.265 e. The average Bonchev–Trinajstić information content (AvgIpc) is 3.20. The third-order valence-electron chi connectivity index (χ3n) is 4.22. The molecule has 0 atom stereocenters. The van der Waals surface area contributed by atoms with E-state index in [-0.39, 0.29) is 5.91 Å². The van der Waals surface area contributed by atoms with Crippen molar-refractivity contribution < 1.29 is 4.79 Å². The first-order chi connectivity index (χ1) is 12.5. The van der Waals surface area contributed by atoms with Crippen LogP contribution in [-0.2, 0) is 0 Å². The van der Waals surface area contributed by atoms with Gasteiger partial charge in [0.05, 0.1) is 16.3 Å². The topological polar surface area (TPSA) is 46.9 Å². The van der Waals surface area contributed by atoms with E-state index in [0.717, 1.165) is 32.8 Å². The number of hydrogen-bond donors (Lipinski definition) is 1. The van der Waals surface area contributed by atoms with Crippen LogP contribution in [0.2, 0.25) is 5.02 Å².